The van der Waals surface area contributed by atoms with E-state index in [-0.39, 0.29) is 0 Å². The highest BCUT2D eigenvalue weighted by molar-refractivity contribution is 5.70. The summed E-state index contributed by atoms with van der Waals surface area (Å²) in [7, 11) is 0. The van der Waals surface area contributed by atoms with E-state index in [1.54, 1.807) is 25.6 Å². The van der Waals surface area contributed by atoms with Gasteiger partial charge in [0.1, 0.15) is 6.29 Å². The van der Waals surface area contributed by atoms with Crippen LogP contribution in [0.5, 0.6) is 0 Å². The minimum atomic E-state index is 0.574. The standard InChI is InChI=1S/C4H6O.C3H4N2/c1-4(2)3-5;1-2-5-3-4-1/h3H,1H2,2H3;1-3H,(H,4,5). The van der Waals surface area contributed by atoms with Crippen LogP contribution in [0.3, 0.4) is 0 Å². The number of imidazole rings is 1. The number of nitrogens with one attached hydrogen (secondary N) is 1. The van der Waals surface area contributed by atoms with E-state index in [0.717, 1.165) is 6.29 Å². The third-order valence-corrected chi connectivity index (χ3v) is 0.607. The van der Waals surface area contributed by atoms with Crippen LogP contribution in [0.15, 0.2) is 30.9 Å². The van der Waals surface area contributed by atoms with Crippen molar-refractivity contribution in [2.45, 2.75) is 6.92 Å². The molecule has 0 saturated heterocycles. The number of carbonyl (C=O) groups excluding carboxylic acids is 1. The SMILES string of the molecule is C=C(C)C=O.c1c[nH]cn1. The first-order valence-corrected chi connectivity index (χ1v) is 2.81. The Bertz CT molecular complexity index is 162. The lowest BCUT2D eigenvalue weighted by molar-refractivity contribution is -0.104. The predicted octanol–water partition coefficient (Wildman–Crippen LogP) is 1.17. The van der Waals surface area contributed by atoms with Gasteiger partial charge in [0.2, 0.25) is 0 Å². The van der Waals surface area contributed by atoms with Gasteiger partial charge in [-0.15, -0.1) is 0 Å². The van der Waals surface area contributed by atoms with Gasteiger partial charge in [0.05, 0.1) is 6.33 Å². The summed E-state index contributed by atoms with van der Waals surface area (Å²) in [4.78, 5) is 15.8. The quantitative estimate of drug-likeness (QED) is 0.467. The molecule has 1 aromatic rings. The molecule has 0 spiro atoms. The van der Waals surface area contributed by atoms with Crippen LogP contribution in [0.2, 0.25) is 0 Å². The molecule has 0 aliphatic rings. The fourth-order valence-corrected chi connectivity index (χ4v) is 0.215. The van der Waals surface area contributed by atoms with Crippen LogP contribution < -0.4 is 0 Å². The molecule has 1 aromatic heterocycles. The van der Waals surface area contributed by atoms with E-state index in [9.17, 15) is 4.79 Å². The average Bonchev–Trinajstić information content (AvgIpc) is 2.43. The summed E-state index contributed by atoms with van der Waals surface area (Å²) in [5.41, 5.74) is 0.574. The molecule has 3 heteroatoms. The molecule has 0 atom stereocenters. The third-order valence-electron chi connectivity index (χ3n) is 0.607. The summed E-state index contributed by atoms with van der Waals surface area (Å²) in [5, 5.41) is 0. The molecule has 0 aliphatic carbocycles. The highest BCUT2D eigenvalue weighted by Crippen LogP contribution is 1.71. The highest BCUT2D eigenvalue weighted by Gasteiger charge is 1.66. The smallest absolute Gasteiger partial charge is 0.145 e. The number of hydrogen-bond donors (Lipinski definition) is 1. The Morgan fingerprint density at radius 3 is 2.50 bits per heavy atom. The zero-order chi connectivity index (χ0) is 7.82. The molecule has 0 bridgehead atoms. The number of allylic oxidation sites excluding steroid dienone is 1. The number of carbonyl (C=O) groups is 1. The summed E-state index contributed by atoms with van der Waals surface area (Å²) in [6, 6.07) is 0. The summed E-state index contributed by atoms with van der Waals surface area (Å²) < 4.78 is 0. The molecule has 0 radical (unpaired) electrons. The lowest BCUT2D eigenvalue weighted by Gasteiger charge is -1.65. The van der Waals surface area contributed by atoms with Crippen LogP contribution >= 0.6 is 0 Å². The van der Waals surface area contributed by atoms with Crippen LogP contribution in [0.1, 0.15) is 6.92 Å². The van der Waals surface area contributed by atoms with Gasteiger partial charge in [-0.3, -0.25) is 4.79 Å². The predicted molar refractivity (Wildman–Crippen MR) is 39.5 cm³/mol. The van der Waals surface area contributed by atoms with E-state index in [0.29, 0.717) is 5.57 Å². The number of nitrogens with zero attached hydrogens (tertiary/aromatic N) is 1. The molecule has 0 aliphatic heterocycles. The topological polar surface area (TPSA) is 45.8 Å². The molecule has 10 heavy (non-hydrogen) atoms. The van der Waals surface area contributed by atoms with E-state index in [2.05, 4.69) is 16.5 Å². The molecule has 1 heterocycles. The molecular formula is C7H10N2O. The largest absolute Gasteiger partial charge is 0.351 e. The van der Waals surface area contributed by atoms with Gasteiger partial charge in [-0.05, 0) is 12.5 Å². The van der Waals surface area contributed by atoms with Crippen molar-refractivity contribution >= 4 is 6.29 Å². The Kier molecular flexibility index (Phi) is 4.96. The second-order valence-corrected chi connectivity index (χ2v) is 1.72. The molecule has 54 valence electrons. The van der Waals surface area contributed by atoms with E-state index in [1.807, 2.05) is 0 Å². The van der Waals surface area contributed by atoms with Gasteiger partial charge >= 0.3 is 0 Å². The molecule has 0 amide bonds. The van der Waals surface area contributed by atoms with Crippen molar-refractivity contribution in [1.82, 2.24) is 9.97 Å². The lowest BCUT2D eigenvalue weighted by Crippen LogP contribution is -1.65. The summed E-state index contributed by atoms with van der Waals surface area (Å²) in [6.45, 7) is 4.97. The number of rotatable bonds is 1. The Morgan fingerprint density at radius 1 is 1.80 bits per heavy atom. The van der Waals surface area contributed by atoms with Crippen LogP contribution in [0.25, 0.3) is 0 Å². The van der Waals surface area contributed by atoms with Crippen LogP contribution in [0.4, 0.5) is 0 Å². The van der Waals surface area contributed by atoms with Crippen molar-refractivity contribution in [3.8, 4) is 0 Å². The van der Waals surface area contributed by atoms with Crippen LogP contribution in [-0.4, -0.2) is 16.3 Å². The number of aromatic amines is 1. The highest BCUT2D eigenvalue weighted by atomic mass is 16.1. The van der Waals surface area contributed by atoms with Gasteiger partial charge in [-0.2, -0.15) is 0 Å². The first-order valence-electron chi connectivity index (χ1n) is 2.81. The number of H-pyrrole nitrogens is 1. The maximum absolute atomic E-state index is 9.41. The molecule has 0 fully saturated rings. The van der Waals surface area contributed by atoms with Crippen molar-refractivity contribution < 1.29 is 4.79 Å². The first kappa shape index (κ1) is 8.62. The Hall–Kier alpha value is -1.38. The van der Waals surface area contributed by atoms with Crippen LogP contribution in [0, 0.1) is 0 Å². The Morgan fingerprint density at radius 2 is 2.40 bits per heavy atom. The van der Waals surface area contributed by atoms with E-state index >= 15 is 0 Å². The van der Waals surface area contributed by atoms with Gasteiger partial charge in [0, 0.05) is 12.4 Å². The molecule has 3 nitrogen and oxygen atoms in total. The number of aromatic nitrogens is 2. The summed E-state index contributed by atoms with van der Waals surface area (Å²) >= 11 is 0. The second kappa shape index (κ2) is 5.75. The molecule has 0 saturated carbocycles. The Balaban J connectivity index is 0.000000162. The summed E-state index contributed by atoms with van der Waals surface area (Å²) in [6.07, 6.45) is 5.81. The first-order chi connectivity index (χ1) is 4.77. The zero-order valence-electron chi connectivity index (χ0n) is 5.87. The van der Waals surface area contributed by atoms with Crippen molar-refractivity contribution in [3.63, 3.8) is 0 Å². The van der Waals surface area contributed by atoms with Crippen molar-refractivity contribution in [3.05, 3.63) is 30.9 Å². The number of hydrogen-bond acceptors (Lipinski definition) is 2. The van der Waals surface area contributed by atoms with Crippen LogP contribution in [-0.2, 0) is 4.79 Å². The van der Waals surface area contributed by atoms with Gasteiger partial charge in [-0.25, -0.2) is 4.98 Å². The molecule has 1 rings (SSSR count). The molecule has 0 aromatic carbocycles. The van der Waals surface area contributed by atoms with Crippen molar-refractivity contribution in [2.24, 2.45) is 0 Å². The van der Waals surface area contributed by atoms with Crippen molar-refractivity contribution in [2.75, 3.05) is 0 Å². The fraction of sp³-hybridized carbons (Fsp3) is 0.143. The normalized spacial score (nSPS) is 7.30. The minimum absolute atomic E-state index is 0.574. The van der Waals surface area contributed by atoms with E-state index < -0.39 is 0 Å². The van der Waals surface area contributed by atoms with Crippen molar-refractivity contribution in [1.29, 1.82) is 0 Å². The summed E-state index contributed by atoms with van der Waals surface area (Å²) in [5.74, 6) is 0. The second-order valence-electron chi connectivity index (χ2n) is 1.72. The molecule has 0 unspecified atom stereocenters. The average molecular weight is 138 g/mol. The monoisotopic (exact) mass is 138 g/mol. The van der Waals surface area contributed by atoms with Gasteiger partial charge < -0.3 is 4.98 Å². The van der Waals surface area contributed by atoms with Gasteiger partial charge in [-0.1, -0.05) is 6.58 Å². The van der Waals surface area contributed by atoms with Gasteiger partial charge in [0.25, 0.3) is 0 Å². The van der Waals surface area contributed by atoms with E-state index in [4.69, 9.17) is 0 Å². The third kappa shape index (κ3) is 6.62. The lowest BCUT2D eigenvalue weighted by atomic mass is 10.4. The molecule has 1 N–H and O–H groups in total. The Labute approximate surface area is 59.8 Å². The zero-order valence-corrected chi connectivity index (χ0v) is 5.87. The fourth-order valence-electron chi connectivity index (χ4n) is 0.215. The number of aldehydes is 1. The van der Waals surface area contributed by atoms with E-state index in [1.165, 1.54) is 0 Å². The minimum Gasteiger partial charge on any atom is -0.351 e. The molecular weight excluding hydrogens is 128 g/mol. The van der Waals surface area contributed by atoms with Gasteiger partial charge in [0.15, 0.2) is 0 Å². The maximum atomic E-state index is 9.41. The maximum Gasteiger partial charge on any atom is 0.145 e.